The van der Waals surface area contributed by atoms with Crippen LogP contribution in [0.15, 0.2) is 42.7 Å². The number of aromatic nitrogens is 1. The second kappa shape index (κ2) is 8.23. The minimum atomic E-state index is -1.12. The number of likely N-dealkylation sites (tertiary alicyclic amines) is 1. The lowest BCUT2D eigenvalue weighted by Crippen LogP contribution is -2.63. The van der Waals surface area contributed by atoms with Crippen molar-refractivity contribution in [3.8, 4) is 0 Å². The fourth-order valence-corrected chi connectivity index (χ4v) is 6.09. The third kappa shape index (κ3) is 3.81. The Morgan fingerprint density at radius 3 is 2.25 bits per heavy atom. The average molecular weight is 437 g/mol. The summed E-state index contributed by atoms with van der Waals surface area (Å²) in [5.74, 6) is 0.971. The zero-order valence-electron chi connectivity index (χ0n) is 20.6. The number of aliphatic hydroxyl groups is 2. The molecule has 2 N–H and O–H groups in total. The van der Waals surface area contributed by atoms with Crippen molar-refractivity contribution in [1.82, 2.24) is 9.88 Å². The Balaban J connectivity index is 1.74. The molecule has 174 valence electrons. The summed E-state index contributed by atoms with van der Waals surface area (Å²) in [5.41, 5.74) is 2.18. The van der Waals surface area contributed by atoms with Gasteiger partial charge in [-0.1, -0.05) is 58.9 Å². The number of hydrogen-bond acceptors (Lipinski definition) is 4. The van der Waals surface area contributed by atoms with E-state index in [1.54, 1.807) is 0 Å². The molecule has 1 aliphatic heterocycles. The van der Waals surface area contributed by atoms with Crippen LogP contribution in [0, 0.1) is 11.3 Å². The van der Waals surface area contributed by atoms with E-state index in [2.05, 4.69) is 81.9 Å². The van der Waals surface area contributed by atoms with Crippen molar-refractivity contribution in [2.24, 2.45) is 11.3 Å². The van der Waals surface area contributed by atoms with Crippen molar-refractivity contribution in [2.75, 3.05) is 20.1 Å². The predicted octanol–water partition coefficient (Wildman–Crippen LogP) is 5.05. The summed E-state index contributed by atoms with van der Waals surface area (Å²) >= 11 is 0. The topological polar surface area (TPSA) is 56.6 Å². The van der Waals surface area contributed by atoms with Crippen molar-refractivity contribution in [2.45, 2.75) is 76.9 Å². The third-order valence-electron chi connectivity index (χ3n) is 8.36. The monoisotopic (exact) mass is 436 g/mol. The van der Waals surface area contributed by atoms with E-state index in [0.29, 0.717) is 5.92 Å². The summed E-state index contributed by atoms with van der Waals surface area (Å²) in [5, 5.41) is 23.4. The molecule has 4 rings (SSSR count). The van der Waals surface area contributed by atoms with Gasteiger partial charge in [0.05, 0.1) is 5.60 Å². The van der Waals surface area contributed by atoms with Crippen LogP contribution in [0.1, 0.15) is 88.0 Å². The van der Waals surface area contributed by atoms with Crippen LogP contribution in [-0.4, -0.2) is 45.8 Å². The first-order chi connectivity index (χ1) is 15.0. The highest BCUT2D eigenvalue weighted by Gasteiger charge is 2.55. The Bertz CT molecular complexity index is 948. The fraction of sp³-hybridized carbons (Fsp3) is 0.607. The van der Waals surface area contributed by atoms with Gasteiger partial charge in [-0.2, -0.15) is 0 Å². The molecular formula is C28H40N2O2. The molecule has 0 amide bonds. The van der Waals surface area contributed by atoms with Crippen molar-refractivity contribution >= 4 is 0 Å². The Hall–Kier alpha value is -1.75. The molecule has 1 saturated heterocycles. The molecule has 32 heavy (non-hydrogen) atoms. The van der Waals surface area contributed by atoms with E-state index in [1.807, 2.05) is 12.4 Å². The van der Waals surface area contributed by atoms with Gasteiger partial charge in [0.15, 0.2) is 0 Å². The van der Waals surface area contributed by atoms with E-state index >= 15 is 0 Å². The maximum absolute atomic E-state index is 12.4. The molecule has 0 radical (unpaired) electrons. The maximum atomic E-state index is 12.4. The Morgan fingerprint density at radius 2 is 1.72 bits per heavy atom. The minimum absolute atomic E-state index is 0.240. The first-order valence-corrected chi connectivity index (χ1v) is 12.2. The van der Waals surface area contributed by atoms with Gasteiger partial charge >= 0.3 is 0 Å². The summed E-state index contributed by atoms with van der Waals surface area (Å²) in [6.07, 6.45) is 6.31. The smallest absolute Gasteiger partial charge is 0.124 e. The molecule has 4 heteroatoms. The second-order valence-corrected chi connectivity index (χ2v) is 11.4. The lowest BCUT2D eigenvalue weighted by atomic mass is 9.62. The first kappa shape index (κ1) is 23.4. The largest absolute Gasteiger partial charge is 0.390 e. The van der Waals surface area contributed by atoms with Gasteiger partial charge in [-0.05, 0) is 66.8 Å². The summed E-state index contributed by atoms with van der Waals surface area (Å²) in [4.78, 5) is 6.85. The van der Waals surface area contributed by atoms with E-state index < -0.39 is 11.2 Å². The van der Waals surface area contributed by atoms with Gasteiger partial charge in [-0.3, -0.25) is 4.98 Å². The molecule has 2 aliphatic rings. The number of rotatable bonds is 6. The SMILES string of the molecule is CC(C)c1ccc([C@](O)(c2cncc(C3CCC(O)(C(C)C)C3)c2)C2(C)CN(C)C2)cc1. The van der Waals surface area contributed by atoms with E-state index in [1.165, 1.54) is 5.56 Å². The molecule has 3 atom stereocenters. The molecule has 1 saturated carbocycles. The fourth-order valence-electron chi connectivity index (χ4n) is 6.09. The van der Waals surface area contributed by atoms with Crippen molar-refractivity contribution < 1.29 is 10.2 Å². The molecular weight excluding hydrogens is 396 g/mol. The van der Waals surface area contributed by atoms with Crippen LogP contribution < -0.4 is 0 Å². The first-order valence-electron chi connectivity index (χ1n) is 12.2. The second-order valence-electron chi connectivity index (χ2n) is 11.4. The zero-order chi connectivity index (χ0) is 23.3. The minimum Gasteiger partial charge on any atom is -0.390 e. The number of hydrogen-bond donors (Lipinski definition) is 2. The van der Waals surface area contributed by atoms with Gasteiger partial charge in [0.2, 0.25) is 0 Å². The molecule has 2 heterocycles. The van der Waals surface area contributed by atoms with Crippen LogP contribution in [0.3, 0.4) is 0 Å². The van der Waals surface area contributed by atoms with Crippen LogP contribution in [0.5, 0.6) is 0 Å². The van der Waals surface area contributed by atoms with Gasteiger partial charge in [-0.25, -0.2) is 0 Å². The van der Waals surface area contributed by atoms with Gasteiger partial charge < -0.3 is 15.1 Å². The molecule has 2 unspecified atom stereocenters. The van der Waals surface area contributed by atoms with Crippen molar-refractivity contribution in [3.63, 3.8) is 0 Å². The van der Waals surface area contributed by atoms with Gasteiger partial charge in [0.1, 0.15) is 5.60 Å². The molecule has 0 spiro atoms. The molecule has 2 fully saturated rings. The highest BCUT2D eigenvalue weighted by molar-refractivity contribution is 5.42. The van der Waals surface area contributed by atoms with Crippen LogP contribution in [0.4, 0.5) is 0 Å². The molecule has 0 bridgehead atoms. The molecule has 1 aromatic heterocycles. The number of benzene rings is 1. The van der Waals surface area contributed by atoms with E-state index in [0.717, 1.165) is 49.0 Å². The van der Waals surface area contributed by atoms with E-state index in [-0.39, 0.29) is 17.3 Å². The summed E-state index contributed by atoms with van der Waals surface area (Å²) < 4.78 is 0. The van der Waals surface area contributed by atoms with E-state index in [9.17, 15) is 10.2 Å². The molecule has 1 aliphatic carbocycles. The molecule has 1 aromatic carbocycles. The lowest BCUT2D eigenvalue weighted by Gasteiger charge is -2.56. The Kier molecular flexibility index (Phi) is 6.02. The number of nitrogens with zero attached hydrogens (tertiary/aromatic N) is 2. The molecule has 2 aromatic rings. The normalized spacial score (nSPS) is 27.5. The highest BCUT2D eigenvalue weighted by Crippen LogP contribution is 2.51. The van der Waals surface area contributed by atoms with Crippen LogP contribution in [0.25, 0.3) is 0 Å². The summed E-state index contributed by atoms with van der Waals surface area (Å²) in [6, 6.07) is 10.6. The molecule has 4 nitrogen and oxygen atoms in total. The summed E-state index contributed by atoms with van der Waals surface area (Å²) in [7, 11) is 2.10. The van der Waals surface area contributed by atoms with Gasteiger partial charge in [-0.15, -0.1) is 0 Å². The summed E-state index contributed by atoms with van der Waals surface area (Å²) in [6.45, 7) is 12.4. The Morgan fingerprint density at radius 1 is 1.06 bits per heavy atom. The Labute approximate surface area is 193 Å². The van der Waals surface area contributed by atoms with Crippen molar-refractivity contribution in [1.29, 1.82) is 0 Å². The van der Waals surface area contributed by atoms with Crippen molar-refractivity contribution in [3.05, 3.63) is 65.0 Å². The quantitative estimate of drug-likeness (QED) is 0.666. The van der Waals surface area contributed by atoms with E-state index in [4.69, 9.17) is 0 Å². The van der Waals surface area contributed by atoms with Crippen LogP contribution in [-0.2, 0) is 5.60 Å². The van der Waals surface area contributed by atoms with Gasteiger partial charge in [0.25, 0.3) is 0 Å². The lowest BCUT2D eigenvalue weighted by molar-refractivity contribution is -0.127. The van der Waals surface area contributed by atoms with Crippen LogP contribution >= 0.6 is 0 Å². The maximum Gasteiger partial charge on any atom is 0.124 e. The standard InChI is InChI=1S/C28H40N2O2/c1-19(2)21-7-9-24(10-8-21)28(32,26(5)17-30(6)18-26)25-13-23(15-29-16-25)22-11-12-27(31,14-22)20(3)4/h7-10,13,15-16,19-20,22,31-32H,11-12,14,17-18H2,1-6H3/t22?,27?,28-/m0/s1. The van der Waals surface area contributed by atoms with Gasteiger partial charge in [0, 0.05) is 36.5 Å². The zero-order valence-corrected chi connectivity index (χ0v) is 20.6. The predicted molar refractivity (Wildman–Crippen MR) is 130 cm³/mol. The van der Waals surface area contributed by atoms with Crippen LogP contribution in [0.2, 0.25) is 0 Å². The highest BCUT2D eigenvalue weighted by atomic mass is 16.3. The average Bonchev–Trinajstić information content (AvgIpc) is 3.16. The number of pyridine rings is 1. The third-order valence-corrected chi connectivity index (χ3v) is 8.36.